The monoisotopic (exact) mass is 2120 g/mol. The van der Waals surface area contributed by atoms with Crippen molar-refractivity contribution in [2.24, 2.45) is 5.92 Å². The van der Waals surface area contributed by atoms with Gasteiger partial charge in [0.1, 0.15) is 61.8 Å². The largest absolute Gasteiger partial charge is 0.463 e. The quantitative estimate of drug-likeness (QED) is 0.0135. The number of nitrogens with zero attached hydrogens (tertiary/aromatic N) is 1. The van der Waals surface area contributed by atoms with Gasteiger partial charge in [0.05, 0.1) is 52.4 Å². The molecule has 10 amide bonds. The molecule has 3 aliphatic heterocycles. The SMILES string of the molecule is C#CCCOP(OC1CCC(C(=O)NC(COCCC(=O)NCCCNC(=O)CCCCOC2OC(COC(C)=O)C(OC(C)=O)C(OC(C)=O)C2NC(C)=O)(COCCC(=O)NCCCNC(=O)CCCCOC2OC(COC(C)=O)C(OC(C)=O)C(OC(C)=O)C2NC(C)=O)COCCC(=O)NCCCNC(=O)CCCCOC2OC(COC(C)=O)C(OC(C)=O)C(OC(C)=O)C2NC(C)=O)CC1)N(C(C)C)C(C)C. The second-order valence-corrected chi connectivity index (χ2v) is 37.6. The van der Waals surface area contributed by atoms with Gasteiger partial charge < -0.3 is 147 Å². The van der Waals surface area contributed by atoms with E-state index in [1.165, 1.54) is 20.8 Å². The Hall–Kier alpha value is -10.6. The highest BCUT2D eigenvalue weighted by molar-refractivity contribution is 7.44. The van der Waals surface area contributed by atoms with E-state index in [-0.39, 0.29) is 186 Å². The Balaban J connectivity index is 1.44. The first-order valence-electron chi connectivity index (χ1n) is 49.8. The third kappa shape index (κ3) is 53.4. The van der Waals surface area contributed by atoms with Crippen LogP contribution >= 0.6 is 8.53 Å². The third-order valence-electron chi connectivity index (χ3n) is 22.4. The first-order valence-corrected chi connectivity index (χ1v) is 51.0. The van der Waals surface area contributed by atoms with Gasteiger partial charge in [-0.15, -0.1) is 12.3 Å². The van der Waals surface area contributed by atoms with Crippen LogP contribution in [0.25, 0.3) is 0 Å². The van der Waals surface area contributed by atoms with Crippen molar-refractivity contribution in [2.75, 3.05) is 125 Å². The number of esters is 9. The van der Waals surface area contributed by atoms with Crippen LogP contribution in [-0.4, -0.2) is 358 Å². The van der Waals surface area contributed by atoms with Crippen molar-refractivity contribution < 1.29 is 185 Å². The minimum Gasteiger partial charge on any atom is -0.463 e. The Bertz CT molecular complexity index is 3860. The van der Waals surface area contributed by atoms with Crippen molar-refractivity contribution in [2.45, 2.75) is 355 Å². The van der Waals surface area contributed by atoms with Crippen LogP contribution in [0.3, 0.4) is 0 Å². The summed E-state index contributed by atoms with van der Waals surface area (Å²) in [5.74, 6) is -8.85. The first kappa shape index (κ1) is 129. The second kappa shape index (κ2) is 71.2. The van der Waals surface area contributed by atoms with E-state index in [1.807, 2.05) is 27.7 Å². The number of ether oxygens (including phenoxy) is 18. The lowest BCUT2D eigenvalue weighted by Crippen LogP contribution is -2.66. The molecule has 0 aromatic rings. The van der Waals surface area contributed by atoms with Crippen LogP contribution in [0.15, 0.2) is 0 Å². The van der Waals surface area contributed by atoms with Gasteiger partial charge in [0, 0.05) is 205 Å². The van der Waals surface area contributed by atoms with Gasteiger partial charge >= 0.3 is 53.7 Å². The van der Waals surface area contributed by atoms with E-state index < -0.39 is 221 Å². The fourth-order valence-electron chi connectivity index (χ4n) is 16.0. The summed E-state index contributed by atoms with van der Waals surface area (Å²) in [6.45, 7) is 20.4. The van der Waals surface area contributed by atoms with E-state index in [0.717, 1.165) is 62.3 Å². The highest BCUT2D eigenvalue weighted by Gasteiger charge is 2.55. The molecule has 3 saturated heterocycles. The average molecular weight is 2120 g/mol. The number of carbonyl (C=O) groups excluding carboxylic acids is 19. The summed E-state index contributed by atoms with van der Waals surface area (Å²) in [5, 5.41) is 27.9. The summed E-state index contributed by atoms with van der Waals surface area (Å²) in [4.78, 5) is 240. The molecule has 0 aromatic carbocycles. The number of nitrogens with one attached hydrogen (secondary N) is 10. The summed E-state index contributed by atoms with van der Waals surface area (Å²) in [5.41, 5.74) is -1.54. The van der Waals surface area contributed by atoms with Crippen molar-refractivity contribution >= 4 is 121 Å². The molecule has 147 heavy (non-hydrogen) atoms. The van der Waals surface area contributed by atoms with E-state index in [0.29, 0.717) is 89.9 Å². The maximum absolute atomic E-state index is 14.9. The molecule has 1 saturated carbocycles. The Labute approximate surface area is 859 Å². The van der Waals surface area contributed by atoms with Gasteiger partial charge in [-0.25, -0.2) is 4.67 Å². The number of amides is 10. The molecule has 4 aliphatic rings. The zero-order valence-electron chi connectivity index (χ0n) is 87.4. The summed E-state index contributed by atoms with van der Waals surface area (Å²) < 4.78 is 118. The number of carbonyl (C=O) groups is 19. The Morgan fingerprint density at radius 1 is 0.354 bits per heavy atom. The number of unbranched alkanes of at least 4 members (excludes halogenated alkanes) is 3. The first-order chi connectivity index (χ1) is 69.8. The summed E-state index contributed by atoms with van der Waals surface area (Å²) in [7, 11) is -1.55. The van der Waals surface area contributed by atoms with Gasteiger partial charge in [-0.05, 0) is 111 Å². The topological polar surface area (TPSA) is 632 Å². The normalized spacial score (nSPS) is 22.7. The van der Waals surface area contributed by atoms with E-state index in [1.54, 1.807) is 0 Å². The molecule has 0 spiro atoms. The lowest BCUT2D eigenvalue weighted by Gasteiger charge is -2.44. The molecule has 3 heterocycles. The molecule has 0 bridgehead atoms. The van der Waals surface area contributed by atoms with Crippen LogP contribution in [0.5, 0.6) is 0 Å². The van der Waals surface area contributed by atoms with Gasteiger partial charge in [0.2, 0.25) is 59.1 Å². The number of hydrogen-bond donors (Lipinski definition) is 10. The van der Waals surface area contributed by atoms with Gasteiger partial charge in [0.25, 0.3) is 8.53 Å². The maximum Gasteiger partial charge on any atom is 0.303 e. The zero-order chi connectivity index (χ0) is 109. The standard InChI is InChI=1S/C96H156N11O39P/c1-18-19-48-136-147(107(58(2)3)59(4)5)146-73-34-32-72(33-35-73)92(126)106-96(55-127-49-36-80(123)100-42-26-39-97-77(120)29-20-23-45-130-93-83(103-60(6)108)89(140-69(15)117)86(137-66(12)114)74(143-93)52-133-63(9)111,56-128-50-37-81(124)101-43-27-40-98-78(121)30-21-24-46-131-94-84(104-61(7)109)90(141-70(16)118)87(138-67(13)115)75(144-94)53-134-64(10)112)57-129-51-38-82(125)102-44-28-41-99-79(122)31-22-25-47-132-95-85(105-62(8)110)91(142-71(17)119)88(139-68(14)116)76(145-95)54-135-65(11)113/h1,58-59,72-76,83-91,93-95H,19-57H2,2-17H3,(H,97,120)(H,98,121)(H,99,122)(H,100,123)(H,101,124)(H,102,125)(H,103,108)(H,104,109)(H,105,110)(H,106,126). The van der Waals surface area contributed by atoms with Gasteiger partial charge in [-0.2, -0.15) is 0 Å². The van der Waals surface area contributed by atoms with Crippen LogP contribution in [0.2, 0.25) is 0 Å². The van der Waals surface area contributed by atoms with Crippen molar-refractivity contribution in [3.8, 4) is 12.3 Å². The van der Waals surface area contributed by atoms with Crippen LogP contribution in [0.1, 0.15) is 239 Å². The Kier molecular flexibility index (Phi) is 62.3. The van der Waals surface area contributed by atoms with Crippen LogP contribution in [-0.2, 0) is 185 Å². The molecule has 50 nitrogen and oxygen atoms in total. The molecule has 16 unspecified atom stereocenters. The minimum absolute atomic E-state index is 0.0186. The van der Waals surface area contributed by atoms with Gasteiger partial charge in [-0.3, -0.25) is 91.1 Å². The Morgan fingerprint density at radius 2 is 0.633 bits per heavy atom. The molecule has 51 heteroatoms. The maximum atomic E-state index is 14.9. The van der Waals surface area contributed by atoms with Crippen molar-refractivity contribution in [3.05, 3.63) is 0 Å². The van der Waals surface area contributed by atoms with Crippen LogP contribution in [0, 0.1) is 18.3 Å². The fourth-order valence-corrected chi connectivity index (χ4v) is 17.8. The number of terminal acetylenes is 1. The number of hydrogen-bond acceptors (Lipinski definition) is 40. The van der Waals surface area contributed by atoms with E-state index >= 15 is 0 Å². The van der Waals surface area contributed by atoms with Crippen molar-refractivity contribution in [1.29, 1.82) is 0 Å². The molecule has 4 fully saturated rings. The molecule has 0 radical (unpaired) electrons. The van der Waals surface area contributed by atoms with E-state index in [9.17, 15) is 91.1 Å². The average Bonchev–Trinajstić information content (AvgIpc) is 0.791. The summed E-state index contributed by atoms with van der Waals surface area (Å²) in [6, 6.07) is -3.42. The van der Waals surface area contributed by atoms with Crippen LogP contribution in [0.4, 0.5) is 0 Å². The van der Waals surface area contributed by atoms with Crippen molar-refractivity contribution in [3.63, 3.8) is 0 Å². The van der Waals surface area contributed by atoms with Crippen molar-refractivity contribution in [1.82, 2.24) is 57.8 Å². The molecule has 10 N–H and O–H groups in total. The highest BCUT2D eigenvalue weighted by atomic mass is 31.2. The van der Waals surface area contributed by atoms with Crippen LogP contribution < -0.4 is 53.2 Å². The predicted molar refractivity (Wildman–Crippen MR) is 516 cm³/mol. The summed E-state index contributed by atoms with van der Waals surface area (Å²) >= 11 is 0. The smallest absolute Gasteiger partial charge is 0.303 e. The van der Waals surface area contributed by atoms with E-state index in [2.05, 4.69) is 63.8 Å². The second-order valence-electron chi connectivity index (χ2n) is 36.2. The third-order valence-corrected chi connectivity index (χ3v) is 24.6. The molecule has 834 valence electrons. The lowest BCUT2D eigenvalue weighted by atomic mass is 9.86. The Morgan fingerprint density at radius 3 is 0.891 bits per heavy atom. The predicted octanol–water partition coefficient (Wildman–Crippen LogP) is 1.42. The molecular formula is C96H156N11O39P. The number of rotatable bonds is 70. The molecule has 1 aliphatic carbocycles. The fraction of sp³-hybridized carbons (Fsp3) is 0.781. The van der Waals surface area contributed by atoms with Gasteiger partial charge in [-0.1, -0.05) is 0 Å². The highest BCUT2D eigenvalue weighted by Crippen LogP contribution is 2.49. The summed E-state index contributed by atoms with van der Waals surface area (Å²) in [6.07, 6.45) is -5.32. The van der Waals surface area contributed by atoms with Gasteiger partial charge in [0.15, 0.2) is 55.5 Å². The molecule has 16 atom stereocenters. The zero-order valence-corrected chi connectivity index (χ0v) is 88.3. The molecule has 0 aromatic heterocycles. The lowest BCUT2D eigenvalue weighted by molar-refractivity contribution is -0.277. The van der Waals surface area contributed by atoms with E-state index in [4.69, 9.17) is 101 Å². The minimum atomic E-state index is -1.55. The molecule has 4 rings (SSSR count). The molecular weight excluding hydrogens is 1960 g/mol.